The minimum atomic E-state index is -0.762. The van der Waals surface area contributed by atoms with E-state index in [1.165, 1.54) is 12.2 Å². The lowest BCUT2D eigenvalue weighted by atomic mass is 10.0. The smallest absolute Gasteiger partial charge is 0.306 e. The summed E-state index contributed by atoms with van der Waals surface area (Å²) in [4.78, 5) is 22.6. The fourth-order valence-corrected chi connectivity index (χ4v) is 2.84. The summed E-state index contributed by atoms with van der Waals surface area (Å²) in [5.74, 6) is 0.0576. The molecule has 0 bridgehead atoms. The molecule has 1 amide bonds. The van der Waals surface area contributed by atoms with Crippen molar-refractivity contribution < 1.29 is 14.7 Å². The van der Waals surface area contributed by atoms with E-state index < -0.39 is 5.97 Å². The van der Waals surface area contributed by atoms with E-state index in [9.17, 15) is 9.59 Å². The van der Waals surface area contributed by atoms with Crippen LogP contribution in [0.15, 0.2) is 0 Å². The van der Waals surface area contributed by atoms with Gasteiger partial charge in [0.25, 0.3) is 0 Å². The third-order valence-electron chi connectivity index (χ3n) is 3.48. The van der Waals surface area contributed by atoms with Crippen LogP contribution < -0.4 is 5.32 Å². The van der Waals surface area contributed by atoms with Crippen LogP contribution in [0, 0.1) is 11.8 Å². The molecule has 0 saturated heterocycles. The van der Waals surface area contributed by atoms with Crippen LogP contribution in [0.5, 0.6) is 0 Å². The van der Waals surface area contributed by atoms with Crippen molar-refractivity contribution in [3.8, 4) is 0 Å². The van der Waals surface area contributed by atoms with Crippen molar-refractivity contribution in [2.45, 2.75) is 38.5 Å². The van der Waals surface area contributed by atoms with Crippen LogP contribution in [0.1, 0.15) is 38.5 Å². The van der Waals surface area contributed by atoms with Gasteiger partial charge < -0.3 is 10.4 Å². The molecule has 1 fully saturated rings. The van der Waals surface area contributed by atoms with E-state index in [1.54, 1.807) is 0 Å². The molecule has 2 atom stereocenters. The Morgan fingerprint density at radius 3 is 2.56 bits per heavy atom. The molecule has 0 aliphatic heterocycles. The van der Waals surface area contributed by atoms with Gasteiger partial charge in [0.2, 0.25) is 5.91 Å². The molecule has 18 heavy (non-hydrogen) atoms. The van der Waals surface area contributed by atoms with Gasteiger partial charge in [0, 0.05) is 12.5 Å². The summed E-state index contributed by atoms with van der Waals surface area (Å²) in [5.41, 5.74) is 0. The lowest BCUT2D eigenvalue weighted by Gasteiger charge is -2.10. The summed E-state index contributed by atoms with van der Waals surface area (Å²) in [6, 6.07) is 0. The lowest BCUT2D eigenvalue weighted by Crippen LogP contribution is -2.30. The number of hydrogen-bond donors (Lipinski definition) is 2. The molecule has 0 unspecified atom stereocenters. The topological polar surface area (TPSA) is 66.4 Å². The Bertz CT molecular complexity index is 283. The van der Waals surface area contributed by atoms with Gasteiger partial charge >= 0.3 is 5.97 Å². The zero-order valence-electron chi connectivity index (χ0n) is 11.0. The highest BCUT2D eigenvalue weighted by atomic mass is 32.2. The number of carbonyl (C=O) groups is 2. The van der Waals surface area contributed by atoms with Crippen molar-refractivity contribution in [1.29, 1.82) is 0 Å². The van der Waals surface area contributed by atoms with Gasteiger partial charge in [-0.1, -0.05) is 6.42 Å². The molecule has 1 aliphatic rings. The molecular weight excluding hydrogens is 250 g/mol. The first-order chi connectivity index (χ1) is 8.65. The van der Waals surface area contributed by atoms with E-state index in [1.807, 2.05) is 11.8 Å². The number of rotatable bonds is 8. The molecule has 0 radical (unpaired) electrons. The molecule has 0 heterocycles. The summed E-state index contributed by atoms with van der Waals surface area (Å²) < 4.78 is 0. The summed E-state index contributed by atoms with van der Waals surface area (Å²) in [7, 11) is 0. The molecule has 1 aliphatic carbocycles. The average Bonchev–Trinajstić information content (AvgIpc) is 2.83. The third-order valence-corrected chi connectivity index (χ3v) is 4.17. The fourth-order valence-electron chi connectivity index (χ4n) is 2.35. The zero-order chi connectivity index (χ0) is 13.4. The fraction of sp³-hybridized carbons (Fsp3) is 0.846. The summed E-state index contributed by atoms with van der Waals surface area (Å²) in [6.45, 7) is 0.724. The highest BCUT2D eigenvalue weighted by Gasteiger charge is 2.33. The van der Waals surface area contributed by atoms with E-state index >= 15 is 0 Å². The van der Waals surface area contributed by atoms with Crippen LogP contribution in [0.2, 0.25) is 0 Å². The first-order valence-electron chi connectivity index (χ1n) is 6.64. The van der Waals surface area contributed by atoms with E-state index in [2.05, 4.69) is 11.6 Å². The average molecular weight is 273 g/mol. The summed E-state index contributed by atoms with van der Waals surface area (Å²) in [6.07, 6.45) is 7.32. The lowest BCUT2D eigenvalue weighted by molar-refractivity contribution is -0.141. The van der Waals surface area contributed by atoms with Crippen molar-refractivity contribution in [2.75, 3.05) is 18.6 Å². The second-order valence-corrected chi connectivity index (χ2v) is 5.88. The molecule has 2 N–H and O–H groups in total. The van der Waals surface area contributed by atoms with E-state index in [0.717, 1.165) is 25.8 Å². The molecule has 0 spiro atoms. The Hall–Kier alpha value is -0.710. The van der Waals surface area contributed by atoms with Gasteiger partial charge in [0.05, 0.1) is 5.92 Å². The monoisotopic (exact) mass is 273 g/mol. The van der Waals surface area contributed by atoms with Crippen molar-refractivity contribution in [3.63, 3.8) is 0 Å². The molecular formula is C13H23NO3S. The Kier molecular flexibility index (Phi) is 7.16. The van der Waals surface area contributed by atoms with Gasteiger partial charge in [-0.25, -0.2) is 0 Å². The van der Waals surface area contributed by atoms with Crippen LogP contribution in [0.25, 0.3) is 0 Å². The van der Waals surface area contributed by atoms with Crippen molar-refractivity contribution in [3.05, 3.63) is 0 Å². The van der Waals surface area contributed by atoms with Crippen LogP contribution in [-0.4, -0.2) is 35.5 Å². The summed E-state index contributed by atoms with van der Waals surface area (Å²) >= 11 is 1.85. The number of nitrogens with one attached hydrogen (secondary N) is 1. The maximum atomic E-state index is 11.8. The van der Waals surface area contributed by atoms with Crippen LogP contribution in [-0.2, 0) is 9.59 Å². The highest BCUT2D eigenvalue weighted by Crippen LogP contribution is 2.31. The van der Waals surface area contributed by atoms with E-state index in [4.69, 9.17) is 5.11 Å². The number of hydrogen-bond acceptors (Lipinski definition) is 3. The first-order valence-corrected chi connectivity index (χ1v) is 8.04. The second-order valence-electron chi connectivity index (χ2n) is 4.89. The number of carboxylic acids is 1. The number of aliphatic carboxylic acids is 1. The second kappa shape index (κ2) is 8.40. The van der Waals surface area contributed by atoms with Crippen LogP contribution in [0.4, 0.5) is 0 Å². The maximum absolute atomic E-state index is 11.8. The quantitative estimate of drug-likeness (QED) is 0.665. The number of thioether (sulfide) groups is 1. The van der Waals surface area contributed by atoms with Gasteiger partial charge in [-0.15, -0.1) is 0 Å². The molecule has 5 heteroatoms. The number of carboxylic acid groups (broad SMARTS) is 1. The molecule has 0 aromatic carbocycles. The summed E-state index contributed by atoms with van der Waals surface area (Å²) in [5, 5.41) is 11.8. The number of carbonyl (C=O) groups excluding carboxylic acids is 1. The van der Waals surface area contributed by atoms with Gasteiger partial charge in [0.15, 0.2) is 0 Å². The Morgan fingerprint density at radius 1 is 1.22 bits per heavy atom. The first kappa shape index (κ1) is 15.3. The van der Waals surface area contributed by atoms with Crippen molar-refractivity contribution >= 4 is 23.6 Å². The Morgan fingerprint density at radius 2 is 1.94 bits per heavy atom. The van der Waals surface area contributed by atoms with E-state index in [-0.39, 0.29) is 17.7 Å². The highest BCUT2D eigenvalue weighted by molar-refractivity contribution is 7.98. The molecule has 0 aromatic rings. The molecule has 4 nitrogen and oxygen atoms in total. The van der Waals surface area contributed by atoms with Crippen LogP contribution >= 0.6 is 11.8 Å². The Labute approximate surface area is 113 Å². The normalized spacial score (nSPS) is 22.9. The van der Waals surface area contributed by atoms with Gasteiger partial charge in [0.1, 0.15) is 0 Å². The number of amides is 1. The molecule has 0 aromatic heterocycles. The molecule has 1 saturated carbocycles. The zero-order valence-corrected chi connectivity index (χ0v) is 11.8. The SMILES string of the molecule is CSCCCCCNC(=O)[C@@H]1CC[C@H](C(=O)O)C1. The van der Waals surface area contributed by atoms with Crippen LogP contribution in [0.3, 0.4) is 0 Å². The maximum Gasteiger partial charge on any atom is 0.306 e. The standard InChI is InChI=1S/C13H23NO3S/c1-18-8-4-2-3-7-14-12(15)10-5-6-11(9-10)13(16)17/h10-11H,2-9H2,1H3,(H,14,15)(H,16,17)/t10-,11+/m1/s1. The number of unbranched alkanes of at least 4 members (excludes halogenated alkanes) is 2. The predicted octanol–water partition coefficient (Wildman–Crippen LogP) is 2.14. The molecule has 1 rings (SSSR count). The van der Waals surface area contributed by atoms with Gasteiger partial charge in [-0.2, -0.15) is 11.8 Å². The predicted molar refractivity (Wildman–Crippen MR) is 73.7 cm³/mol. The minimum Gasteiger partial charge on any atom is -0.481 e. The van der Waals surface area contributed by atoms with Crippen molar-refractivity contribution in [1.82, 2.24) is 5.32 Å². The van der Waals surface area contributed by atoms with Gasteiger partial charge in [-0.3, -0.25) is 9.59 Å². The largest absolute Gasteiger partial charge is 0.481 e. The minimum absolute atomic E-state index is 0.0450. The third kappa shape index (κ3) is 5.29. The molecule has 104 valence electrons. The van der Waals surface area contributed by atoms with Crippen molar-refractivity contribution in [2.24, 2.45) is 11.8 Å². The van der Waals surface area contributed by atoms with E-state index in [0.29, 0.717) is 12.8 Å². The Balaban J connectivity index is 2.09. The van der Waals surface area contributed by atoms with Gasteiger partial charge in [-0.05, 0) is 44.1 Å².